The van der Waals surface area contributed by atoms with Gasteiger partial charge in [-0.3, -0.25) is 43.3 Å². The Kier molecular flexibility index (Phi) is 31.2. The topological polar surface area (TPSA) is 427 Å². The summed E-state index contributed by atoms with van der Waals surface area (Å²) >= 11 is 0. The number of aliphatic imine (C=N–C) groups is 1. The molecule has 0 heterocycles. The lowest BCUT2D eigenvalue weighted by Gasteiger charge is -2.30. The summed E-state index contributed by atoms with van der Waals surface area (Å²) in [5.41, 5.74) is 23.7. The molecule has 1 aromatic carbocycles. The number of aromatic hydroxyl groups is 1. The van der Waals surface area contributed by atoms with Crippen molar-refractivity contribution in [3.63, 3.8) is 0 Å². The van der Waals surface area contributed by atoms with Gasteiger partial charge in [-0.05, 0) is 119 Å². The number of carbonyl (C=O) groups excluding carboxylic acids is 8. The maximum atomic E-state index is 14.3. The molecule has 10 atom stereocenters. The molecule has 0 aliphatic carbocycles. The van der Waals surface area contributed by atoms with Crippen molar-refractivity contribution < 1.29 is 58.5 Å². The third-order valence-corrected chi connectivity index (χ3v) is 12.4. The average molecular weight is 1100 g/mol. The second kappa shape index (κ2) is 35.0. The predicted molar refractivity (Wildman–Crippen MR) is 295 cm³/mol. The van der Waals surface area contributed by atoms with Crippen molar-refractivity contribution in [1.82, 2.24) is 42.5 Å². The smallest absolute Gasteiger partial charge is 0.328 e. The van der Waals surface area contributed by atoms with Crippen molar-refractivity contribution in [2.45, 2.75) is 194 Å². The van der Waals surface area contributed by atoms with Crippen LogP contribution in [-0.2, 0) is 49.6 Å². The highest BCUT2D eigenvalue weighted by molar-refractivity contribution is 5.98. The SMILES string of the molecule is CC(C)C[C@H](NC(=O)[C@H](CC(C)C)NC(=O)[C@@H](N)Cc1ccc(O)cc1)C(=O)N[C@@H](CCCN=C(N)N)C(=O)N[C@H](C(=O)N[C@H](C(=O)N[C@@H](CC(C)C)C(=O)N[C@@H](CCCCN)C(=O)N[C@H](C(=O)O)[C@@H](C)O)C(C)C)C(C)C. The highest BCUT2D eigenvalue weighted by Crippen LogP contribution is 2.16. The van der Waals surface area contributed by atoms with Crippen LogP contribution in [0, 0.1) is 29.6 Å². The molecule has 0 saturated heterocycles. The minimum atomic E-state index is -1.66. The number of aliphatic hydroxyl groups is 1. The molecule has 0 fully saturated rings. The minimum absolute atomic E-state index is 0.0271. The monoisotopic (exact) mass is 1100 g/mol. The molecule has 78 heavy (non-hydrogen) atoms. The second-order valence-electron chi connectivity index (χ2n) is 21.9. The zero-order valence-electron chi connectivity index (χ0n) is 47.5. The molecule has 0 aliphatic heterocycles. The zero-order chi connectivity index (χ0) is 59.6. The van der Waals surface area contributed by atoms with E-state index in [1.165, 1.54) is 19.1 Å². The van der Waals surface area contributed by atoms with Crippen molar-refractivity contribution in [2.24, 2.45) is 57.5 Å². The highest BCUT2D eigenvalue weighted by Gasteiger charge is 2.37. The number of benzene rings is 1. The molecule has 1 aromatic rings. The van der Waals surface area contributed by atoms with Gasteiger partial charge in [0.1, 0.15) is 48.0 Å². The van der Waals surface area contributed by atoms with Crippen molar-refractivity contribution in [1.29, 1.82) is 0 Å². The van der Waals surface area contributed by atoms with Crippen LogP contribution in [0.25, 0.3) is 0 Å². The zero-order valence-corrected chi connectivity index (χ0v) is 47.5. The Morgan fingerprint density at radius 2 is 0.859 bits per heavy atom. The summed E-state index contributed by atoms with van der Waals surface area (Å²) < 4.78 is 0. The first kappa shape index (κ1) is 69.4. The lowest BCUT2D eigenvalue weighted by Crippen LogP contribution is -2.62. The summed E-state index contributed by atoms with van der Waals surface area (Å²) in [6, 6.07) is -5.16. The summed E-state index contributed by atoms with van der Waals surface area (Å²) in [5, 5.41) is 50.5. The number of carboxylic acid groups (broad SMARTS) is 1. The second-order valence-corrected chi connectivity index (χ2v) is 21.9. The standard InChI is InChI=1S/C53H93N13O12/c1-27(2)23-38(61-44(69)35(55)26-33-17-19-34(68)20-18-33)49(74)62-39(24-28(3)4)47(72)60-37(16-14-22-58-53(56)57)45(70)64-42(31(9)10)51(76)65-41(30(7)8)50(75)63-40(25-29(5)6)48(73)59-36(15-12-13-21-54)46(71)66-43(32(11)67)52(77)78/h17-20,27-32,35-43,67-68H,12-16,21-26,54-55H2,1-11H3,(H,59,73)(H,60,72)(H,61,69)(H,62,74)(H,63,75)(H,64,70)(H,65,76)(H,66,71)(H,77,78)(H4,56,57,58)/t32-,35+,36+,37+,38+,39+,40+,41+,42+,43+/m1/s1. The molecule has 0 bridgehead atoms. The number of unbranched alkanes of at least 4 members (excludes halogenated alkanes) is 1. The van der Waals surface area contributed by atoms with Crippen LogP contribution in [-0.4, -0.2) is 148 Å². The lowest BCUT2D eigenvalue weighted by molar-refractivity contribution is -0.145. The average Bonchev–Trinajstić information content (AvgIpc) is 3.33. The summed E-state index contributed by atoms with van der Waals surface area (Å²) in [4.78, 5) is 127. The Hall–Kier alpha value is -6.60. The molecule has 1 rings (SSSR count). The van der Waals surface area contributed by atoms with E-state index in [0.717, 1.165) is 0 Å². The maximum Gasteiger partial charge on any atom is 0.328 e. The van der Waals surface area contributed by atoms with E-state index in [2.05, 4.69) is 47.5 Å². The largest absolute Gasteiger partial charge is 0.508 e. The van der Waals surface area contributed by atoms with Crippen LogP contribution in [0.15, 0.2) is 29.3 Å². The van der Waals surface area contributed by atoms with E-state index in [1.807, 2.05) is 27.7 Å². The molecule has 0 radical (unpaired) electrons. The van der Waals surface area contributed by atoms with Crippen LogP contribution < -0.4 is 65.5 Å². The first-order valence-electron chi connectivity index (χ1n) is 27.0. The van der Waals surface area contributed by atoms with E-state index in [-0.39, 0.29) is 87.5 Å². The summed E-state index contributed by atoms with van der Waals surface area (Å²) in [6.07, 6.45) is 0.155. The van der Waals surface area contributed by atoms with Crippen LogP contribution in [0.3, 0.4) is 0 Å². The van der Waals surface area contributed by atoms with Crippen molar-refractivity contribution in [2.75, 3.05) is 13.1 Å². The maximum absolute atomic E-state index is 14.3. The van der Waals surface area contributed by atoms with Gasteiger partial charge in [0, 0.05) is 6.54 Å². The Morgan fingerprint density at radius 1 is 0.500 bits per heavy atom. The molecule has 25 nitrogen and oxygen atoms in total. The number of phenols is 1. The van der Waals surface area contributed by atoms with E-state index in [1.54, 1.807) is 53.7 Å². The quantitative estimate of drug-likeness (QED) is 0.0223. The fourth-order valence-electron chi connectivity index (χ4n) is 8.19. The lowest BCUT2D eigenvalue weighted by atomic mass is 9.97. The Morgan fingerprint density at radius 3 is 1.24 bits per heavy atom. The van der Waals surface area contributed by atoms with Crippen molar-refractivity contribution >= 4 is 59.2 Å². The van der Waals surface area contributed by atoms with Gasteiger partial charge < -0.3 is 80.8 Å². The number of hydrogen-bond donors (Lipinski definition) is 15. The molecule has 8 amide bonds. The molecule has 0 aliphatic rings. The number of nitrogens with one attached hydrogen (secondary N) is 8. The van der Waals surface area contributed by atoms with Gasteiger partial charge in [0.2, 0.25) is 47.3 Å². The van der Waals surface area contributed by atoms with Gasteiger partial charge >= 0.3 is 5.97 Å². The van der Waals surface area contributed by atoms with Gasteiger partial charge in [-0.2, -0.15) is 0 Å². The van der Waals surface area contributed by atoms with Crippen LogP contribution in [0.5, 0.6) is 5.75 Å². The van der Waals surface area contributed by atoms with Crippen LogP contribution in [0.2, 0.25) is 0 Å². The van der Waals surface area contributed by atoms with Gasteiger partial charge in [0.05, 0.1) is 12.1 Å². The number of nitrogens with zero attached hydrogens (tertiary/aromatic N) is 1. The van der Waals surface area contributed by atoms with Crippen LogP contribution in [0.4, 0.5) is 0 Å². The number of hydrogen-bond acceptors (Lipinski definition) is 14. The summed E-state index contributed by atoms with van der Waals surface area (Å²) in [5.74, 6) is -9.12. The number of carboxylic acids is 1. The van der Waals surface area contributed by atoms with Crippen LogP contribution >= 0.6 is 0 Å². The van der Waals surface area contributed by atoms with Crippen molar-refractivity contribution in [3.8, 4) is 5.75 Å². The first-order chi connectivity index (χ1) is 36.4. The molecule has 442 valence electrons. The van der Waals surface area contributed by atoms with E-state index < -0.39 is 126 Å². The summed E-state index contributed by atoms with van der Waals surface area (Å²) in [7, 11) is 0. The third kappa shape index (κ3) is 26.2. The summed E-state index contributed by atoms with van der Waals surface area (Å²) in [6.45, 7) is 19.2. The molecule has 0 spiro atoms. The number of amides is 8. The fraction of sp³-hybridized carbons (Fsp3) is 0.698. The van der Waals surface area contributed by atoms with E-state index in [4.69, 9.17) is 22.9 Å². The van der Waals surface area contributed by atoms with Crippen molar-refractivity contribution in [3.05, 3.63) is 29.8 Å². The molecule has 0 unspecified atom stereocenters. The first-order valence-corrected chi connectivity index (χ1v) is 27.0. The molecule has 19 N–H and O–H groups in total. The molecule has 25 heteroatoms. The number of carbonyl (C=O) groups is 9. The normalized spacial score (nSPS) is 15.3. The molecule has 0 saturated carbocycles. The van der Waals surface area contributed by atoms with Gasteiger partial charge in [-0.25, -0.2) is 4.79 Å². The fourth-order valence-corrected chi connectivity index (χ4v) is 8.19. The Labute approximate surface area is 459 Å². The van der Waals surface area contributed by atoms with Gasteiger partial charge in [-0.15, -0.1) is 0 Å². The van der Waals surface area contributed by atoms with Gasteiger partial charge in [-0.1, -0.05) is 81.4 Å². The van der Waals surface area contributed by atoms with Gasteiger partial charge in [0.15, 0.2) is 12.0 Å². The number of guanidine groups is 1. The molecular formula is C53H93N13O12. The molecule has 0 aromatic heterocycles. The van der Waals surface area contributed by atoms with E-state index in [0.29, 0.717) is 18.4 Å². The van der Waals surface area contributed by atoms with E-state index in [9.17, 15) is 58.5 Å². The Bertz CT molecular complexity index is 2130. The van der Waals surface area contributed by atoms with E-state index >= 15 is 0 Å². The van der Waals surface area contributed by atoms with Gasteiger partial charge in [0.25, 0.3) is 0 Å². The third-order valence-electron chi connectivity index (χ3n) is 12.4. The number of phenolic OH excluding ortho intramolecular Hbond substituents is 1. The number of aliphatic hydroxyl groups excluding tert-OH is 1. The Balaban J connectivity index is 3.46. The molecular weight excluding hydrogens is 1010 g/mol. The highest BCUT2D eigenvalue weighted by atomic mass is 16.4. The number of aliphatic carboxylic acids is 1. The number of rotatable bonds is 36. The predicted octanol–water partition coefficient (Wildman–Crippen LogP) is -0.761. The number of nitrogens with two attached hydrogens (primary N) is 4. The van der Waals surface area contributed by atoms with Crippen LogP contribution in [0.1, 0.15) is 133 Å². The minimum Gasteiger partial charge on any atom is -0.508 e.